The quantitative estimate of drug-likeness (QED) is 0.579. The Balaban J connectivity index is 2.57. The fraction of sp³-hybridized carbons (Fsp3) is 0.625. The van der Waals surface area contributed by atoms with Gasteiger partial charge in [0.15, 0.2) is 0 Å². The van der Waals surface area contributed by atoms with Crippen molar-refractivity contribution in [3.63, 3.8) is 0 Å². The van der Waals surface area contributed by atoms with Gasteiger partial charge in [0, 0.05) is 18.9 Å². The van der Waals surface area contributed by atoms with E-state index >= 15 is 0 Å². The maximum absolute atomic E-state index is 4.12. The molecule has 0 bridgehead atoms. The number of hydrogen-bond donors (Lipinski definition) is 0. The van der Waals surface area contributed by atoms with Crippen molar-refractivity contribution in [1.29, 1.82) is 0 Å². The Morgan fingerprint density at radius 3 is 2.50 bits per heavy atom. The highest BCUT2D eigenvalue weighted by molar-refractivity contribution is 4.79. The summed E-state index contributed by atoms with van der Waals surface area (Å²) in [4.78, 5) is 0. The average molecular weight is 138 g/mol. The Kier molecular flexibility index (Phi) is 1.79. The molecule has 1 heterocycles. The van der Waals surface area contributed by atoms with E-state index < -0.39 is 0 Å². The number of nitrogens with zero attached hydrogens (tertiary/aromatic N) is 2. The molecule has 0 saturated heterocycles. The van der Waals surface area contributed by atoms with Crippen LogP contribution < -0.4 is 0 Å². The first-order valence-corrected chi connectivity index (χ1v) is 3.55. The van der Waals surface area contributed by atoms with Crippen LogP contribution in [0.15, 0.2) is 18.5 Å². The molecule has 1 aromatic heterocycles. The largest absolute Gasteiger partial charge is 0.272 e. The highest BCUT2D eigenvalue weighted by Crippen LogP contribution is 2.14. The lowest BCUT2D eigenvalue weighted by Gasteiger charge is -2.17. The lowest BCUT2D eigenvalue weighted by atomic mass is 9.97. The van der Waals surface area contributed by atoms with E-state index in [4.69, 9.17) is 0 Å². The summed E-state index contributed by atoms with van der Waals surface area (Å²) in [6.07, 6.45) is 3.80. The predicted octanol–water partition coefficient (Wildman–Crippen LogP) is 1.93. The van der Waals surface area contributed by atoms with Crippen LogP contribution in [0.25, 0.3) is 0 Å². The first kappa shape index (κ1) is 7.32. The predicted molar refractivity (Wildman–Crippen MR) is 41.7 cm³/mol. The van der Waals surface area contributed by atoms with E-state index in [1.165, 1.54) is 0 Å². The molecule has 0 radical (unpaired) electrons. The molecule has 10 heavy (non-hydrogen) atoms. The van der Waals surface area contributed by atoms with Crippen LogP contribution in [-0.4, -0.2) is 9.78 Å². The molecule has 2 heteroatoms. The van der Waals surface area contributed by atoms with Crippen LogP contribution in [0.3, 0.4) is 0 Å². The monoisotopic (exact) mass is 138 g/mol. The van der Waals surface area contributed by atoms with Gasteiger partial charge in [-0.15, -0.1) is 0 Å². The van der Waals surface area contributed by atoms with Crippen molar-refractivity contribution < 1.29 is 0 Å². The van der Waals surface area contributed by atoms with Crippen LogP contribution in [0.2, 0.25) is 0 Å². The summed E-state index contributed by atoms with van der Waals surface area (Å²) >= 11 is 0. The molecule has 0 unspecified atom stereocenters. The first-order valence-electron chi connectivity index (χ1n) is 3.55. The summed E-state index contributed by atoms with van der Waals surface area (Å²) in [6, 6.07) is 1.95. The van der Waals surface area contributed by atoms with Gasteiger partial charge in [-0.2, -0.15) is 5.10 Å². The van der Waals surface area contributed by atoms with Crippen LogP contribution in [0.5, 0.6) is 0 Å². The van der Waals surface area contributed by atoms with E-state index in [1.807, 2.05) is 23.1 Å². The minimum Gasteiger partial charge on any atom is -0.272 e. The molecular formula is C8H14N2. The number of rotatable bonds is 1. The van der Waals surface area contributed by atoms with E-state index in [0.29, 0.717) is 5.41 Å². The van der Waals surface area contributed by atoms with Crippen LogP contribution in [0.4, 0.5) is 0 Å². The lowest BCUT2D eigenvalue weighted by molar-refractivity contribution is 0.325. The van der Waals surface area contributed by atoms with Gasteiger partial charge in [0.25, 0.3) is 0 Å². The Hall–Kier alpha value is -0.790. The number of aromatic nitrogens is 2. The summed E-state index contributed by atoms with van der Waals surface area (Å²) in [5.74, 6) is 0. The van der Waals surface area contributed by atoms with Crippen LogP contribution in [0.1, 0.15) is 20.8 Å². The molecule has 0 atom stereocenters. The summed E-state index contributed by atoms with van der Waals surface area (Å²) in [5.41, 5.74) is 0.325. The standard InChI is InChI=1S/C8H14N2/c1-8(2,3)7-10-6-4-5-9-10/h4-6H,7H2,1-3H3. The molecule has 0 amide bonds. The van der Waals surface area contributed by atoms with Gasteiger partial charge >= 0.3 is 0 Å². The molecule has 0 aliphatic rings. The molecule has 0 N–H and O–H groups in total. The van der Waals surface area contributed by atoms with E-state index in [9.17, 15) is 0 Å². The summed E-state index contributed by atoms with van der Waals surface area (Å²) < 4.78 is 1.96. The molecule has 56 valence electrons. The molecule has 1 aromatic rings. The van der Waals surface area contributed by atoms with Crippen molar-refractivity contribution in [2.24, 2.45) is 5.41 Å². The molecule has 0 saturated carbocycles. The van der Waals surface area contributed by atoms with E-state index in [-0.39, 0.29) is 0 Å². The maximum Gasteiger partial charge on any atom is 0.0489 e. The first-order chi connectivity index (χ1) is 4.58. The summed E-state index contributed by atoms with van der Waals surface area (Å²) in [5, 5.41) is 4.12. The van der Waals surface area contributed by atoms with Crippen molar-refractivity contribution in [1.82, 2.24) is 9.78 Å². The zero-order valence-corrected chi connectivity index (χ0v) is 6.83. The average Bonchev–Trinajstić information content (AvgIpc) is 2.12. The Labute approximate surface area is 61.9 Å². The fourth-order valence-corrected chi connectivity index (χ4v) is 0.880. The molecule has 1 rings (SSSR count). The van der Waals surface area contributed by atoms with Gasteiger partial charge in [0.2, 0.25) is 0 Å². The van der Waals surface area contributed by atoms with E-state index in [1.54, 1.807) is 0 Å². The Morgan fingerprint density at radius 2 is 2.10 bits per heavy atom. The van der Waals surface area contributed by atoms with Crippen molar-refractivity contribution in [2.75, 3.05) is 0 Å². The van der Waals surface area contributed by atoms with Gasteiger partial charge in [-0.05, 0) is 11.5 Å². The second-order valence-corrected chi connectivity index (χ2v) is 3.76. The summed E-state index contributed by atoms with van der Waals surface area (Å²) in [6.45, 7) is 7.60. The fourth-order valence-electron chi connectivity index (χ4n) is 0.880. The smallest absolute Gasteiger partial charge is 0.0489 e. The van der Waals surface area contributed by atoms with Crippen LogP contribution in [-0.2, 0) is 6.54 Å². The van der Waals surface area contributed by atoms with Gasteiger partial charge in [0.1, 0.15) is 0 Å². The molecular weight excluding hydrogens is 124 g/mol. The SMILES string of the molecule is CC(C)(C)Cn1cccn1. The van der Waals surface area contributed by atoms with Gasteiger partial charge < -0.3 is 0 Å². The highest BCUT2D eigenvalue weighted by atomic mass is 15.3. The molecule has 0 aliphatic carbocycles. The lowest BCUT2D eigenvalue weighted by Crippen LogP contribution is -2.15. The second kappa shape index (κ2) is 2.45. The third kappa shape index (κ3) is 2.21. The van der Waals surface area contributed by atoms with E-state index in [2.05, 4.69) is 25.9 Å². The maximum atomic E-state index is 4.12. The van der Waals surface area contributed by atoms with Gasteiger partial charge in [-0.1, -0.05) is 20.8 Å². The van der Waals surface area contributed by atoms with Crippen LogP contribution >= 0.6 is 0 Å². The Morgan fingerprint density at radius 1 is 1.40 bits per heavy atom. The zero-order chi connectivity index (χ0) is 7.61. The van der Waals surface area contributed by atoms with Crippen molar-refractivity contribution in [3.8, 4) is 0 Å². The van der Waals surface area contributed by atoms with Crippen molar-refractivity contribution in [3.05, 3.63) is 18.5 Å². The molecule has 0 aromatic carbocycles. The van der Waals surface area contributed by atoms with Gasteiger partial charge in [-0.3, -0.25) is 4.68 Å². The number of hydrogen-bond acceptors (Lipinski definition) is 1. The topological polar surface area (TPSA) is 17.8 Å². The molecule has 0 fully saturated rings. The molecule has 0 spiro atoms. The van der Waals surface area contributed by atoms with Gasteiger partial charge in [0.05, 0.1) is 0 Å². The zero-order valence-electron chi connectivity index (χ0n) is 6.83. The minimum absolute atomic E-state index is 0.325. The molecule has 2 nitrogen and oxygen atoms in total. The third-order valence-electron chi connectivity index (χ3n) is 1.20. The Bertz CT molecular complexity index is 182. The highest BCUT2D eigenvalue weighted by Gasteiger charge is 2.10. The van der Waals surface area contributed by atoms with Crippen molar-refractivity contribution >= 4 is 0 Å². The third-order valence-corrected chi connectivity index (χ3v) is 1.20. The molecule has 0 aliphatic heterocycles. The second-order valence-electron chi connectivity index (χ2n) is 3.76. The van der Waals surface area contributed by atoms with Crippen molar-refractivity contribution in [2.45, 2.75) is 27.3 Å². The van der Waals surface area contributed by atoms with Crippen LogP contribution in [0, 0.1) is 5.41 Å². The van der Waals surface area contributed by atoms with E-state index in [0.717, 1.165) is 6.54 Å². The summed E-state index contributed by atoms with van der Waals surface area (Å²) in [7, 11) is 0. The van der Waals surface area contributed by atoms with Gasteiger partial charge in [-0.25, -0.2) is 0 Å². The normalized spacial score (nSPS) is 11.9. The minimum atomic E-state index is 0.325.